The van der Waals surface area contributed by atoms with Crippen LogP contribution >= 0.6 is 0 Å². The molecular formula is C26H14N4. The molecule has 2 heterocycles. The van der Waals surface area contributed by atoms with Gasteiger partial charge in [-0.1, -0.05) is 17.8 Å². The van der Waals surface area contributed by atoms with E-state index in [1.165, 1.54) is 0 Å². The first-order valence-corrected chi connectivity index (χ1v) is 9.03. The molecule has 30 heavy (non-hydrogen) atoms. The lowest BCUT2D eigenvalue weighted by molar-refractivity contribution is 1.06. The minimum atomic E-state index is 0.445. The lowest BCUT2D eigenvalue weighted by atomic mass is 10.1. The molecule has 0 amide bonds. The maximum Gasteiger partial charge on any atom is 0.182 e. The first-order valence-electron chi connectivity index (χ1n) is 9.03. The van der Waals surface area contributed by atoms with Crippen LogP contribution in [0.25, 0.3) is 34.3 Å². The number of pyridine rings is 1. The van der Waals surface area contributed by atoms with Crippen molar-refractivity contribution in [2.45, 2.75) is 0 Å². The van der Waals surface area contributed by atoms with Crippen LogP contribution in [0.5, 0.6) is 0 Å². The van der Waals surface area contributed by atoms with Crippen LogP contribution in [0.15, 0.2) is 66.9 Å². The summed E-state index contributed by atoms with van der Waals surface area (Å²) in [7, 11) is 0. The Morgan fingerprint density at radius 2 is 0.933 bits per heavy atom. The SMILES string of the molecule is C#Cc1ccc(-c2nc(-c3ccc(C#C)cc3)nc(-c3ccc(C#C)cn3)n2)cc1. The summed E-state index contributed by atoms with van der Waals surface area (Å²) in [5.41, 5.74) is 4.48. The molecule has 0 fully saturated rings. The van der Waals surface area contributed by atoms with E-state index in [0.29, 0.717) is 28.7 Å². The van der Waals surface area contributed by atoms with Gasteiger partial charge in [0.25, 0.3) is 0 Å². The van der Waals surface area contributed by atoms with E-state index in [1.807, 2.05) is 48.5 Å². The van der Waals surface area contributed by atoms with Gasteiger partial charge in [0.1, 0.15) is 5.69 Å². The van der Waals surface area contributed by atoms with Crippen molar-refractivity contribution >= 4 is 0 Å². The van der Waals surface area contributed by atoms with Gasteiger partial charge in [0.05, 0.1) is 0 Å². The molecule has 4 aromatic rings. The Hall–Kier alpha value is -4.72. The van der Waals surface area contributed by atoms with Crippen molar-refractivity contribution in [3.8, 4) is 71.3 Å². The van der Waals surface area contributed by atoms with Crippen molar-refractivity contribution < 1.29 is 0 Å². The molecule has 2 aromatic carbocycles. The Balaban J connectivity index is 1.87. The molecule has 4 heteroatoms. The van der Waals surface area contributed by atoms with Gasteiger partial charge in [0.2, 0.25) is 0 Å². The standard InChI is InChI=1S/C26H14N4/c1-4-18-7-12-21(13-8-18)24-28-25(22-14-9-19(5-2)10-15-22)30-26(29-24)23-16-11-20(6-3)17-27-23/h1-3,7-17H. The zero-order valence-corrected chi connectivity index (χ0v) is 15.9. The molecule has 0 atom stereocenters. The van der Waals surface area contributed by atoms with E-state index in [1.54, 1.807) is 18.3 Å². The lowest BCUT2D eigenvalue weighted by Crippen LogP contribution is -2.01. The largest absolute Gasteiger partial charge is 0.252 e. The van der Waals surface area contributed by atoms with E-state index in [9.17, 15) is 0 Å². The van der Waals surface area contributed by atoms with E-state index in [-0.39, 0.29) is 0 Å². The van der Waals surface area contributed by atoms with Gasteiger partial charge in [-0.2, -0.15) is 0 Å². The number of rotatable bonds is 3. The van der Waals surface area contributed by atoms with Crippen molar-refractivity contribution in [3.05, 3.63) is 83.6 Å². The number of aromatic nitrogens is 4. The average Bonchev–Trinajstić information content (AvgIpc) is 2.84. The molecule has 0 saturated carbocycles. The van der Waals surface area contributed by atoms with Crippen molar-refractivity contribution in [3.63, 3.8) is 0 Å². The van der Waals surface area contributed by atoms with E-state index in [0.717, 1.165) is 22.3 Å². The minimum absolute atomic E-state index is 0.445. The third-order valence-electron chi connectivity index (χ3n) is 4.41. The summed E-state index contributed by atoms with van der Waals surface area (Å²) in [5, 5.41) is 0. The summed E-state index contributed by atoms with van der Waals surface area (Å²) < 4.78 is 0. The van der Waals surface area contributed by atoms with Crippen LogP contribution in [0.4, 0.5) is 0 Å². The highest BCUT2D eigenvalue weighted by Gasteiger charge is 2.13. The van der Waals surface area contributed by atoms with Gasteiger partial charge in [0.15, 0.2) is 17.5 Å². The molecule has 138 valence electrons. The Bertz CT molecular complexity index is 1150. The fraction of sp³-hybridized carbons (Fsp3) is 0. The van der Waals surface area contributed by atoms with Crippen LogP contribution < -0.4 is 0 Å². The normalized spacial score (nSPS) is 9.90. The van der Waals surface area contributed by atoms with Gasteiger partial charge < -0.3 is 0 Å². The van der Waals surface area contributed by atoms with Crippen LogP contribution in [-0.2, 0) is 0 Å². The van der Waals surface area contributed by atoms with Crippen molar-refractivity contribution in [2.24, 2.45) is 0 Å². The summed E-state index contributed by atoms with van der Waals surface area (Å²) in [6.45, 7) is 0. The highest BCUT2D eigenvalue weighted by Crippen LogP contribution is 2.24. The molecule has 4 nitrogen and oxygen atoms in total. The molecule has 4 rings (SSSR count). The lowest BCUT2D eigenvalue weighted by Gasteiger charge is -2.08. The molecule has 0 aliphatic heterocycles. The number of terminal acetylenes is 3. The highest BCUT2D eigenvalue weighted by molar-refractivity contribution is 5.66. The summed E-state index contributed by atoms with van der Waals surface area (Å²) in [4.78, 5) is 18.3. The molecule has 0 unspecified atom stereocenters. The average molecular weight is 382 g/mol. The maximum atomic E-state index is 5.46. The number of benzene rings is 2. The van der Waals surface area contributed by atoms with Crippen LogP contribution in [0.1, 0.15) is 16.7 Å². The molecule has 0 spiro atoms. The monoisotopic (exact) mass is 382 g/mol. The highest BCUT2D eigenvalue weighted by atomic mass is 15.0. The molecule has 0 saturated heterocycles. The van der Waals surface area contributed by atoms with Crippen LogP contribution in [0, 0.1) is 37.0 Å². The summed E-state index contributed by atoms with van der Waals surface area (Å²) in [5.74, 6) is 9.24. The molecule has 2 aromatic heterocycles. The van der Waals surface area contributed by atoms with Crippen LogP contribution in [0.3, 0.4) is 0 Å². The topological polar surface area (TPSA) is 51.6 Å². The van der Waals surface area contributed by atoms with Crippen molar-refractivity contribution in [1.82, 2.24) is 19.9 Å². The van der Waals surface area contributed by atoms with Gasteiger partial charge in [-0.25, -0.2) is 15.0 Å². The first kappa shape index (κ1) is 18.6. The van der Waals surface area contributed by atoms with Crippen LogP contribution in [-0.4, -0.2) is 19.9 Å². The smallest absolute Gasteiger partial charge is 0.182 e. The zero-order valence-electron chi connectivity index (χ0n) is 15.9. The van der Waals surface area contributed by atoms with Gasteiger partial charge in [-0.15, -0.1) is 19.3 Å². The summed E-state index contributed by atoms with van der Waals surface area (Å²) >= 11 is 0. The molecule has 0 N–H and O–H groups in total. The molecular weight excluding hydrogens is 368 g/mol. The van der Waals surface area contributed by atoms with Gasteiger partial charge in [-0.05, 0) is 60.7 Å². The number of hydrogen-bond donors (Lipinski definition) is 0. The van der Waals surface area contributed by atoms with Crippen molar-refractivity contribution in [1.29, 1.82) is 0 Å². The molecule has 0 radical (unpaired) electrons. The predicted octanol–water partition coefficient (Wildman–Crippen LogP) is 4.21. The molecule has 0 aliphatic carbocycles. The summed E-state index contributed by atoms with van der Waals surface area (Å²) in [6, 6.07) is 18.5. The molecule has 0 bridgehead atoms. The van der Waals surface area contributed by atoms with Crippen molar-refractivity contribution in [2.75, 3.05) is 0 Å². The third kappa shape index (κ3) is 3.78. The second kappa shape index (κ2) is 8.11. The first-order chi connectivity index (χ1) is 14.7. The number of hydrogen-bond acceptors (Lipinski definition) is 4. The van der Waals surface area contributed by atoms with E-state index >= 15 is 0 Å². The minimum Gasteiger partial charge on any atom is -0.252 e. The predicted molar refractivity (Wildman–Crippen MR) is 118 cm³/mol. The fourth-order valence-electron chi connectivity index (χ4n) is 2.79. The van der Waals surface area contributed by atoms with Gasteiger partial charge in [-0.3, -0.25) is 4.98 Å². The van der Waals surface area contributed by atoms with E-state index in [4.69, 9.17) is 19.3 Å². The zero-order chi connectivity index (χ0) is 20.9. The summed E-state index contributed by atoms with van der Waals surface area (Å²) in [6.07, 6.45) is 18.0. The van der Waals surface area contributed by atoms with E-state index in [2.05, 4.69) is 37.7 Å². The maximum absolute atomic E-state index is 5.46. The van der Waals surface area contributed by atoms with E-state index < -0.39 is 0 Å². The fourth-order valence-corrected chi connectivity index (χ4v) is 2.79. The van der Waals surface area contributed by atoms with Gasteiger partial charge in [0, 0.05) is 34.0 Å². The Morgan fingerprint density at radius 1 is 0.500 bits per heavy atom. The quantitative estimate of drug-likeness (QED) is 0.498. The second-order valence-electron chi connectivity index (χ2n) is 6.33. The van der Waals surface area contributed by atoms with Gasteiger partial charge >= 0.3 is 0 Å². The second-order valence-corrected chi connectivity index (χ2v) is 6.33. The Morgan fingerprint density at radius 3 is 1.33 bits per heavy atom. The Labute approximate surface area is 175 Å². The third-order valence-corrected chi connectivity index (χ3v) is 4.41. The van der Waals surface area contributed by atoms with Crippen LogP contribution in [0.2, 0.25) is 0 Å². The molecule has 0 aliphatic rings. The number of nitrogens with zero attached hydrogens (tertiary/aromatic N) is 4. The Kier molecular flexibility index (Phi) is 5.04.